The highest BCUT2D eigenvalue weighted by molar-refractivity contribution is 7.22. The predicted molar refractivity (Wildman–Crippen MR) is 221 cm³/mol. The van der Waals surface area contributed by atoms with E-state index in [0.29, 0.717) is 0 Å². The van der Waals surface area contributed by atoms with E-state index in [2.05, 4.69) is 152 Å². The number of aromatic nitrogens is 1. The Morgan fingerprint density at radius 1 is 0.340 bits per heavy atom. The van der Waals surface area contributed by atoms with Gasteiger partial charge in [-0.3, -0.25) is 0 Å². The monoisotopic (exact) mass is 695 g/mol. The molecule has 3 heterocycles. The van der Waals surface area contributed by atoms with Crippen LogP contribution in [0.2, 0.25) is 0 Å². The molecule has 0 unspecified atom stereocenters. The minimum Gasteiger partial charge on any atom is -0.456 e. The van der Waals surface area contributed by atoms with Gasteiger partial charge in [0.05, 0.1) is 10.2 Å². The average Bonchev–Trinajstić information content (AvgIpc) is 3.94. The molecule has 0 bridgehead atoms. The summed E-state index contributed by atoms with van der Waals surface area (Å²) in [5.74, 6) is 0. The van der Waals surface area contributed by atoms with Crippen molar-refractivity contribution in [3.63, 3.8) is 0 Å². The molecule has 248 valence electrons. The van der Waals surface area contributed by atoms with Gasteiger partial charge >= 0.3 is 0 Å². The van der Waals surface area contributed by atoms with Crippen molar-refractivity contribution in [2.24, 2.45) is 0 Å². The van der Waals surface area contributed by atoms with Crippen LogP contribution in [-0.2, 0) is 0 Å². The smallest absolute Gasteiger partial charge is 0.135 e. The van der Waals surface area contributed by atoms with Gasteiger partial charge in [-0.15, -0.1) is 11.3 Å². The zero-order valence-corrected chi connectivity index (χ0v) is 29.2. The summed E-state index contributed by atoms with van der Waals surface area (Å²) >= 11 is 1.76. The topological polar surface area (TPSA) is 39.2 Å². The van der Waals surface area contributed by atoms with E-state index in [4.69, 9.17) is 13.8 Å². The van der Waals surface area contributed by atoms with Crippen LogP contribution in [-0.4, -0.2) is 4.98 Å². The fourth-order valence-electron chi connectivity index (χ4n) is 7.67. The maximum atomic E-state index is 6.08. The lowest BCUT2D eigenvalue weighted by Crippen LogP contribution is -1.86. The van der Waals surface area contributed by atoms with Crippen LogP contribution in [0.4, 0.5) is 0 Å². The summed E-state index contributed by atoms with van der Waals surface area (Å²) in [7, 11) is 0. The standard InChI is InChI=1S/C49H29NO2S/c1-2-8-34(9-3-1)49-50-47-37(32-18-14-30(15-19-32)35-22-26-45-41(28-35)39-10-4-6-12-43(39)51-45)24-25-38(48(47)53-49)33-20-16-31(17-21-33)36-23-27-46-42(29-36)40-11-5-7-13-44(40)52-46/h1-29H. The molecule has 0 radical (unpaired) electrons. The Morgan fingerprint density at radius 2 is 0.792 bits per heavy atom. The second-order valence-corrected chi connectivity index (χ2v) is 14.5. The molecule has 11 aromatic rings. The van der Waals surface area contributed by atoms with E-state index < -0.39 is 0 Å². The molecule has 0 amide bonds. The molecule has 0 fully saturated rings. The van der Waals surface area contributed by atoms with Gasteiger partial charge in [-0.2, -0.15) is 0 Å². The number of fused-ring (bicyclic) bond motifs is 7. The van der Waals surface area contributed by atoms with Gasteiger partial charge in [0.25, 0.3) is 0 Å². The first kappa shape index (κ1) is 29.9. The molecule has 0 saturated heterocycles. The summed E-state index contributed by atoms with van der Waals surface area (Å²) in [5, 5.41) is 5.57. The second kappa shape index (κ2) is 11.9. The van der Waals surface area contributed by atoms with Crippen molar-refractivity contribution in [3.05, 3.63) is 176 Å². The maximum absolute atomic E-state index is 6.08. The van der Waals surface area contributed by atoms with Crippen LogP contribution in [0, 0.1) is 0 Å². The number of para-hydroxylation sites is 2. The molecule has 0 saturated carbocycles. The van der Waals surface area contributed by atoms with E-state index >= 15 is 0 Å². The summed E-state index contributed by atoms with van der Waals surface area (Å²) in [6.45, 7) is 0. The largest absolute Gasteiger partial charge is 0.456 e. The quantitative estimate of drug-likeness (QED) is 0.180. The summed E-state index contributed by atoms with van der Waals surface area (Å²) < 4.78 is 13.3. The predicted octanol–water partition coefficient (Wildman–Crippen LogP) is 14.4. The van der Waals surface area contributed by atoms with Crippen LogP contribution in [0.5, 0.6) is 0 Å². The van der Waals surface area contributed by atoms with Crippen LogP contribution >= 0.6 is 11.3 Å². The van der Waals surface area contributed by atoms with Crippen LogP contribution in [0.1, 0.15) is 0 Å². The number of hydrogen-bond donors (Lipinski definition) is 0. The second-order valence-electron chi connectivity index (χ2n) is 13.5. The highest BCUT2D eigenvalue weighted by atomic mass is 32.1. The molecule has 3 nitrogen and oxygen atoms in total. The molecule has 0 atom stereocenters. The summed E-state index contributed by atoms with van der Waals surface area (Å²) in [5.41, 5.74) is 15.1. The Balaban J connectivity index is 0.977. The van der Waals surface area contributed by atoms with E-state index in [0.717, 1.165) is 82.2 Å². The molecule has 4 heteroatoms. The molecule has 8 aromatic carbocycles. The normalized spacial score (nSPS) is 11.8. The molecule has 11 rings (SSSR count). The Labute approximate surface area is 309 Å². The van der Waals surface area contributed by atoms with Gasteiger partial charge in [0.1, 0.15) is 27.3 Å². The highest BCUT2D eigenvalue weighted by Gasteiger charge is 2.17. The van der Waals surface area contributed by atoms with Gasteiger partial charge in [-0.25, -0.2) is 4.98 Å². The van der Waals surface area contributed by atoms with Crippen molar-refractivity contribution < 1.29 is 8.83 Å². The lowest BCUT2D eigenvalue weighted by Gasteiger charge is -2.10. The van der Waals surface area contributed by atoms with Crippen molar-refractivity contribution in [2.75, 3.05) is 0 Å². The van der Waals surface area contributed by atoms with E-state index in [9.17, 15) is 0 Å². The number of thiazole rings is 1. The molecule has 0 N–H and O–H groups in total. The third-order valence-electron chi connectivity index (χ3n) is 10.4. The molecular weight excluding hydrogens is 667 g/mol. The Kier molecular flexibility index (Phi) is 6.73. The van der Waals surface area contributed by atoms with Gasteiger partial charge < -0.3 is 8.83 Å². The molecule has 0 spiro atoms. The first-order chi connectivity index (χ1) is 26.2. The van der Waals surface area contributed by atoms with Gasteiger partial charge in [0, 0.05) is 38.2 Å². The fraction of sp³-hybridized carbons (Fsp3) is 0. The van der Waals surface area contributed by atoms with Crippen LogP contribution < -0.4 is 0 Å². The SMILES string of the molecule is c1ccc(-c2nc3c(-c4ccc(-c5ccc6oc7ccccc7c6c5)cc4)ccc(-c4ccc(-c5ccc6oc7ccccc7c6c5)cc4)c3s2)cc1. The average molecular weight is 696 g/mol. The zero-order valence-electron chi connectivity index (χ0n) is 28.4. The molecule has 53 heavy (non-hydrogen) atoms. The maximum Gasteiger partial charge on any atom is 0.135 e. The first-order valence-corrected chi connectivity index (χ1v) is 18.6. The zero-order chi connectivity index (χ0) is 34.9. The number of hydrogen-bond acceptors (Lipinski definition) is 4. The molecule has 0 aliphatic heterocycles. The Hall–Kier alpha value is -6.75. The first-order valence-electron chi connectivity index (χ1n) is 17.8. The van der Waals surface area contributed by atoms with Gasteiger partial charge in [-0.1, -0.05) is 140 Å². The lowest BCUT2D eigenvalue weighted by molar-refractivity contribution is 0.668. The number of nitrogens with zero attached hydrogens (tertiary/aromatic N) is 1. The van der Waals surface area contributed by atoms with Crippen LogP contribution in [0.25, 0.3) is 109 Å². The summed E-state index contributed by atoms with van der Waals surface area (Å²) in [4.78, 5) is 5.30. The third kappa shape index (κ3) is 4.99. The third-order valence-corrected chi connectivity index (χ3v) is 11.5. The molecular formula is C49H29NO2S. The van der Waals surface area contributed by atoms with Crippen molar-refractivity contribution in [1.82, 2.24) is 4.98 Å². The molecule has 3 aromatic heterocycles. The van der Waals surface area contributed by atoms with E-state index in [1.165, 1.54) is 27.0 Å². The van der Waals surface area contributed by atoms with Gasteiger partial charge in [-0.05, 0) is 69.8 Å². The number of rotatable bonds is 5. The Bertz CT molecular complexity index is 2950. The molecule has 0 aliphatic rings. The van der Waals surface area contributed by atoms with Crippen molar-refractivity contribution in [3.8, 4) is 55.1 Å². The van der Waals surface area contributed by atoms with Crippen LogP contribution in [0.15, 0.2) is 185 Å². The van der Waals surface area contributed by atoms with Gasteiger partial charge in [0.15, 0.2) is 0 Å². The molecule has 0 aliphatic carbocycles. The van der Waals surface area contributed by atoms with Crippen molar-refractivity contribution in [1.29, 1.82) is 0 Å². The highest BCUT2D eigenvalue weighted by Crippen LogP contribution is 2.43. The van der Waals surface area contributed by atoms with E-state index in [1.807, 2.05) is 24.3 Å². The minimum absolute atomic E-state index is 0.908. The number of benzene rings is 8. The summed E-state index contributed by atoms with van der Waals surface area (Å²) in [6.07, 6.45) is 0. The van der Waals surface area contributed by atoms with Gasteiger partial charge in [0.2, 0.25) is 0 Å². The fourth-order valence-corrected chi connectivity index (χ4v) is 8.80. The Morgan fingerprint density at radius 3 is 1.38 bits per heavy atom. The number of furan rings is 2. The summed E-state index contributed by atoms with van der Waals surface area (Å²) in [6, 6.07) is 62.1. The van der Waals surface area contributed by atoms with Crippen molar-refractivity contribution in [2.45, 2.75) is 0 Å². The lowest BCUT2D eigenvalue weighted by atomic mass is 9.95. The van der Waals surface area contributed by atoms with E-state index in [1.54, 1.807) is 11.3 Å². The minimum atomic E-state index is 0.908. The van der Waals surface area contributed by atoms with Crippen LogP contribution in [0.3, 0.4) is 0 Å². The van der Waals surface area contributed by atoms with E-state index in [-0.39, 0.29) is 0 Å². The van der Waals surface area contributed by atoms with Crippen molar-refractivity contribution >= 4 is 65.4 Å².